The lowest BCUT2D eigenvalue weighted by atomic mass is 10.2. The Morgan fingerprint density at radius 2 is 1.59 bits per heavy atom. The summed E-state index contributed by atoms with van der Waals surface area (Å²) in [5.41, 5.74) is 4.97. The Kier molecular flexibility index (Phi) is 4.34. The summed E-state index contributed by atoms with van der Waals surface area (Å²) < 4.78 is 1.83. The third-order valence-corrected chi connectivity index (χ3v) is 3.30. The van der Waals surface area contributed by atoms with Crippen molar-refractivity contribution in [2.75, 3.05) is 5.43 Å². The van der Waals surface area contributed by atoms with E-state index in [1.807, 2.05) is 54.6 Å². The molecule has 2 aromatic rings. The molecule has 0 saturated carbocycles. The van der Waals surface area contributed by atoms with E-state index in [1.54, 1.807) is 0 Å². The topological polar surface area (TPSA) is 24.4 Å². The van der Waals surface area contributed by atoms with Crippen LogP contribution in [-0.4, -0.2) is 4.62 Å². The number of nitrogens with zero attached hydrogens (tertiary/aromatic N) is 1. The molecule has 0 heterocycles. The highest BCUT2D eigenvalue weighted by Crippen LogP contribution is 2.15. The van der Waals surface area contributed by atoms with E-state index in [4.69, 9.17) is 0 Å². The number of hydrogen-bond donors (Lipinski definition) is 1. The highest BCUT2D eigenvalue weighted by molar-refractivity contribution is 9.18. The first-order valence-corrected chi connectivity index (χ1v) is 6.64. The Bertz CT molecular complexity index is 507. The van der Waals surface area contributed by atoms with Crippen LogP contribution in [0.25, 0.3) is 0 Å². The number of nitrogens with one attached hydrogen (secondary N) is 1. The van der Waals surface area contributed by atoms with Crippen LogP contribution in [0.4, 0.5) is 5.69 Å². The van der Waals surface area contributed by atoms with Crippen LogP contribution in [0.15, 0.2) is 64.2 Å². The molecule has 0 saturated heterocycles. The van der Waals surface area contributed by atoms with Crippen LogP contribution in [-0.2, 0) is 0 Å². The average Bonchev–Trinajstić information content (AvgIpc) is 2.39. The zero-order valence-corrected chi connectivity index (χ0v) is 12.1. The van der Waals surface area contributed by atoms with E-state index in [0.717, 1.165) is 20.3 Å². The molecule has 2 rings (SSSR count). The number of rotatable bonds is 3. The van der Waals surface area contributed by atoms with Crippen LogP contribution in [0.1, 0.15) is 5.56 Å². The molecule has 86 valence electrons. The van der Waals surface area contributed by atoms with E-state index >= 15 is 0 Å². The molecule has 0 aliphatic rings. The van der Waals surface area contributed by atoms with E-state index in [2.05, 4.69) is 42.4 Å². The number of hydrogen-bond acceptors (Lipinski definition) is 2. The number of benzene rings is 2. The molecular formula is C13H10Br2N2. The Labute approximate surface area is 117 Å². The van der Waals surface area contributed by atoms with Crippen LogP contribution in [0.5, 0.6) is 0 Å². The van der Waals surface area contributed by atoms with Gasteiger partial charge in [-0.25, -0.2) is 0 Å². The Balaban J connectivity index is 2.08. The lowest BCUT2D eigenvalue weighted by Crippen LogP contribution is -1.96. The van der Waals surface area contributed by atoms with E-state index in [1.165, 1.54) is 0 Å². The van der Waals surface area contributed by atoms with Gasteiger partial charge in [0.1, 0.15) is 4.62 Å². The summed E-state index contributed by atoms with van der Waals surface area (Å²) in [5.74, 6) is 0. The molecule has 0 aliphatic heterocycles. The summed E-state index contributed by atoms with van der Waals surface area (Å²) >= 11 is 6.83. The SMILES string of the molecule is Br/C(=N\Nc1ccc(Br)cc1)c1ccccc1. The summed E-state index contributed by atoms with van der Waals surface area (Å²) in [5, 5.41) is 4.26. The van der Waals surface area contributed by atoms with Gasteiger partial charge in [-0.3, -0.25) is 5.43 Å². The van der Waals surface area contributed by atoms with Crippen LogP contribution < -0.4 is 5.43 Å². The summed E-state index contributed by atoms with van der Waals surface area (Å²) in [7, 11) is 0. The van der Waals surface area contributed by atoms with Gasteiger partial charge in [-0.1, -0.05) is 46.3 Å². The van der Waals surface area contributed by atoms with E-state index in [0.29, 0.717) is 0 Å². The third-order valence-electron chi connectivity index (χ3n) is 2.14. The van der Waals surface area contributed by atoms with Crippen molar-refractivity contribution in [3.63, 3.8) is 0 Å². The molecule has 0 spiro atoms. The molecule has 0 aromatic heterocycles. The van der Waals surface area contributed by atoms with Crippen molar-refractivity contribution in [3.8, 4) is 0 Å². The van der Waals surface area contributed by atoms with Crippen LogP contribution >= 0.6 is 31.9 Å². The molecule has 0 radical (unpaired) electrons. The molecule has 2 aromatic carbocycles. The van der Waals surface area contributed by atoms with E-state index < -0.39 is 0 Å². The van der Waals surface area contributed by atoms with Gasteiger partial charge < -0.3 is 0 Å². The second-order valence-electron chi connectivity index (χ2n) is 3.39. The van der Waals surface area contributed by atoms with Gasteiger partial charge in [0.05, 0.1) is 5.69 Å². The summed E-state index contributed by atoms with van der Waals surface area (Å²) in [4.78, 5) is 0. The van der Waals surface area contributed by atoms with E-state index in [9.17, 15) is 0 Å². The summed E-state index contributed by atoms with van der Waals surface area (Å²) in [6, 6.07) is 17.8. The molecule has 2 nitrogen and oxygen atoms in total. The van der Waals surface area contributed by atoms with Crippen molar-refractivity contribution in [1.29, 1.82) is 0 Å². The van der Waals surface area contributed by atoms with Crippen molar-refractivity contribution in [3.05, 3.63) is 64.6 Å². The van der Waals surface area contributed by atoms with Crippen LogP contribution in [0.3, 0.4) is 0 Å². The van der Waals surface area contributed by atoms with Gasteiger partial charge in [-0.05, 0) is 40.2 Å². The van der Waals surface area contributed by atoms with Crippen molar-refractivity contribution >= 4 is 42.2 Å². The first kappa shape index (κ1) is 12.3. The fraction of sp³-hybridized carbons (Fsp3) is 0. The molecule has 0 aliphatic carbocycles. The second kappa shape index (κ2) is 5.98. The van der Waals surface area contributed by atoms with Gasteiger partial charge in [-0.15, -0.1) is 0 Å². The molecule has 0 unspecified atom stereocenters. The Morgan fingerprint density at radius 1 is 0.941 bits per heavy atom. The number of halogens is 2. The maximum absolute atomic E-state index is 4.26. The maximum atomic E-state index is 4.26. The molecule has 0 bridgehead atoms. The first-order chi connectivity index (χ1) is 8.25. The van der Waals surface area contributed by atoms with Gasteiger partial charge in [0.25, 0.3) is 0 Å². The average molecular weight is 354 g/mol. The lowest BCUT2D eigenvalue weighted by molar-refractivity contribution is 1.34. The first-order valence-electron chi connectivity index (χ1n) is 5.06. The van der Waals surface area contributed by atoms with Gasteiger partial charge in [-0.2, -0.15) is 5.10 Å². The zero-order valence-electron chi connectivity index (χ0n) is 8.90. The number of hydrazone groups is 1. The van der Waals surface area contributed by atoms with Crippen LogP contribution in [0, 0.1) is 0 Å². The Morgan fingerprint density at radius 3 is 2.24 bits per heavy atom. The van der Waals surface area contributed by atoms with Gasteiger partial charge in [0.2, 0.25) is 0 Å². The summed E-state index contributed by atoms with van der Waals surface area (Å²) in [6.45, 7) is 0. The normalized spacial score (nSPS) is 11.3. The number of anilines is 1. The third kappa shape index (κ3) is 3.68. The van der Waals surface area contributed by atoms with Crippen molar-refractivity contribution < 1.29 is 0 Å². The van der Waals surface area contributed by atoms with Gasteiger partial charge in [0.15, 0.2) is 0 Å². The molecular weight excluding hydrogens is 344 g/mol. The minimum atomic E-state index is 0.779. The highest BCUT2D eigenvalue weighted by Gasteiger charge is 1.97. The highest BCUT2D eigenvalue weighted by atomic mass is 79.9. The quantitative estimate of drug-likeness (QED) is 0.632. The molecule has 0 atom stereocenters. The zero-order chi connectivity index (χ0) is 12.1. The van der Waals surface area contributed by atoms with Crippen molar-refractivity contribution in [2.24, 2.45) is 5.10 Å². The largest absolute Gasteiger partial charge is 0.277 e. The van der Waals surface area contributed by atoms with Crippen molar-refractivity contribution in [2.45, 2.75) is 0 Å². The predicted octanol–water partition coefficient (Wildman–Crippen LogP) is 4.62. The monoisotopic (exact) mass is 352 g/mol. The smallest absolute Gasteiger partial charge is 0.133 e. The molecule has 1 N–H and O–H groups in total. The standard InChI is InChI=1S/C13H10Br2N2/c14-11-6-8-12(9-7-11)16-17-13(15)10-4-2-1-3-5-10/h1-9,16H/b17-13-. The Hall–Kier alpha value is -1.13. The minimum Gasteiger partial charge on any atom is -0.277 e. The van der Waals surface area contributed by atoms with Gasteiger partial charge >= 0.3 is 0 Å². The fourth-order valence-electron chi connectivity index (χ4n) is 1.28. The molecule has 0 fully saturated rings. The lowest BCUT2D eigenvalue weighted by Gasteiger charge is -2.02. The van der Waals surface area contributed by atoms with Gasteiger partial charge in [0, 0.05) is 10.0 Å². The molecule has 17 heavy (non-hydrogen) atoms. The second-order valence-corrected chi connectivity index (χ2v) is 5.05. The maximum Gasteiger partial charge on any atom is 0.133 e. The molecule has 4 heteroatoms. The predicted molar refractivity (Wildman–Crippen MR) is 79.7 cm³/mol. The van der Waals surface area contributed by atoms with E-state index in [-0.39, 0.29) is 0 Å². The minimum absolute atomic E-state index is 0.779. The summed E-state index contributed by atoms with van der Waals surface area (Å²) in [6.07, 6.45) is 0. The molecule has 0 amide bonds. The fourth-order valence-corrected chi connectivity index (χ4v) is 1.90. The van der Waals surface area contributed by atoms with Crippen LogP contribution in [0.2, 0.25) is 0 Å². The van der Waals surface area contributed by atoms with Crippen molar-refractivity contribution in [1.82, 2.24) is 0 Å².